The van der Waals surface area contributed by atoms with E-state index in [1.165, 1.54) is 6.08 Å². The number of hydrogen-bond acceptors (Lipinski definition) is 4. The molecule has 5 nitrogen and oxygen atoms in total. The molecule has 0 aliphatic rings. The lowest BCUT2D eigenvalue weighted by Crippen LogP contribution is -2.20. The van der Waals surface area contributed by atoms with Crippen molar-refractivity contribution in [1.82, 2.24) is 15.3 Å². The van der Waals surface area contributed by atoms with Gasteiger partial charge in [0.15, 0.2) is 0 Å². The number of carbonyl (C=O) groups is 1. The minimum Gasteiger partial charge on any atom is -0.481 e. The van der Waals surface area contributed by atoms with Crippen LogP contribution >= 0.6 is 0 Å². The molecule has 3 aromatic rings. The summed E-state index contributed by atoms with van der Waals surface area (Å²) in [6, 6.07) is 13.3. The van der Waals surface area contributed by atoms with Crippen LogP contribution in [0.1, 0.15) is 11.1 Å². The van der Waals surface area contributed by atoms with E-state index in [1.54, 1.807) is 25.6 Å². The second kappa shape index (κ2) is 7.37. The number of para-hydroxylation sites is 1. The zero-order valence-corrected chi connectivity index (χ0v) is 13.3. The first kappa shape index (κ1) is 15.7. The predicted octanol–water partition coefficient (Wildman–Crippen LogP) is 2.97. The van der Waals surface area contributed by atoms with Gasteiger partial charge in [-0.25, -0.2) is 4.98 Å². The number of methoxy groups -OCH3 is 1. The second-order valence-corrected chi connectivity index (χ2v) is 5.17. The van der Waals surface area contributed by atoms with E-state index >= 15 is 0 Å². The first-order valence-corrected chi connectivity index (χ1v) is 7.55. The summed E-state index contributed by atoms with van der Waals surface area (Å²) in [7, 11) is 1.58. The molecule has 0 atom stereocenters. The number of rotatable bonds is 5. The van der Waals surface area contributed by atoms with Crippen molar-refractivity contribution in [2.45, 2.75) is 6.54 Å². The molecule has 1 amide bonds. The number of nitrogens with zero attached hydrogens (tertiary/aromatic N) is 2. The van der Waals surface area contributed by atoms with Gasteiger partial charge in [0, 0.05) is 36.5 Å². The standard InChI is InChI=1S/C19H17N3O2/c1-24-19-12-15(16-4-2-3-5-17(16)22-19)13-21-18(23)7-6-14-8-10-20-11-9-14/h2-12H,13H2,1H3,(H,21,23). The third kappa shape index (κ3) is 3.76. The van der Waals surface area contributed by atoms with Gasteiger partial charge >= 0.3 is 0 Å². The fraction of sp³-hybridized carbons (Fsp3) is 0.105. The molecule has 1 aromatic carbocycles. The molecule has 1 N–H and O–H groups in total. The number of hydrogen-bond donors (Lipinski definition) is 1. The Morgan fingerprint density at radius 3 is 2.79 bits per heavy atom. The van der Waals surface area contributed by atoms with Gasteiger partial charge in [0.05, 0.1) is 12.6 Å². The van der Waals surface area contributed by atoms with E-state index in [4.69, 9.17) is 4.74 Å². The van der Waals surface area contributed by atoms with Crippen LogP contribution in [0.25, 0.3) is 17.0 Å². The average molecular weight is 319 g/mol. The number of ether oxygens (including phenoxy) is 1. The number of fused-ring (bicyclic) bond motifs is 1. The number of carbonyl (C=O) groups excluding carboxylic acids is 1. The van der Waals surface area contributed by atoms with Crippen LogP contribution in [-0.4, -0.2) is 23.0 Å². The van der Waals surface area contributed by atoms with E-state index in [1.807, 2.05) is 42.5 Å². The van der Waals surface area contributed by atoms with Crippen LogP contribution in [0.3, 0.4) is 0 Å². The Kier molecular flexibility index (Phi) is 4.81. The molecular formula is C19H17N3O2. The Morgan fingerprint density at radius 1 is 1.21 bits per heavy atom. The Bertz CT molecular complexity index is 876. The molecule has 0 saturated heterocycles. The minimum atomic E-state index is -0.160. The monoisotopic (exact) mass is 319 g/mol. The molecule has 120 valence electrons. The first-order valence-electron chi connectivity index (χ1n) is 7.55. The largest absolute Gasteiger partial charge is 0.481 e. The van der Waals surface area contributed by atoms with Crippen LogP contribution in [0.4, 0.5) is 0 Å². The Hall–Kier alpha value is -3.21. The fourth-order valence-corrected chi connectivity index (χ4v) is 2.36. The first-order chi connectivity index (χ1) is 11.8. The highest BCUT2D eigenvalue weighted by Gasteiger charge is 2.06. The van der Waals surface area contributed by atoms with Gasteiger partial charge in [0.1, 0.15) is 0 Å². The average Bonchev–Trinajstić information content (AvgIpc) is 2.65. The number of amides is 1. The summed E-state index contributed by atoms with van der Waals surface area (Å²) < 4.78 is 5.23. The quantitative estimate of drug-likeness (QED) is 0.734. The lowest BCUT2D eigenvalue weighted by atomic mass is 10.1. The van der Waals surface area contributed by atoms with Crippen molar-refractivity contribution in [3.63, 3.8) is 0 Å². The van der Waals surface area contributed by atoms with E-state index < -0.39 is 0 Å². The summed E-state index contributed by atoms with van der Waals surface area (Å²) in [6.45, 7) is 0.402. The van der Waals surface area contributed by atoms with Crippen LogP contribution in [0, 0.1) is 0 Å². The third-order valence-electron chi connectivity index (χ3n) is 3.57. The van der Waals surface area contributed by atoms with Crippen molar-refractivity contribution < 1.29 is 9.53 Å². The Balaban J connectivity index is 1.73. The van der Waals surface area contributed by atoms with Crippen molar-refractivity contribution in [3.8, 4) is 5.88 Å². The molecule has 5 heteroatoms. The molecule has 0 unspecified atom stereocenters. The summed E-state index contributed by atoms with van der Waals surface area (Å²) in [5, 5.41) is 3.88. The predicted molar refractivity (Wildman–Crippen MR) is 93.4 cm³/mol. The van der Waals surface area contributed by atoms with Crippen LogP contribution in [0.2, 0.25) is 0 Å². The maximum Gasteiger partial charge on any atom is 0.244 e. The molecule has 3 rings (SSSR count). The molecule has 0 saturated carbocycles. The van der Waals surface area contributed by atoms with E-state index in [-0.39, 0.29) is 5.91 Å². The van der Waals surface area contributed by atoms with E-state index in [0.717, 1.165) is 22.0 Å². The summed E-state index contributed by atoms with van der Waals surface area (Å²) >= 11 is 0. The fourth-order valence-electron chi connectivity index (χ4n) is 2.36. The molecule has 0 aliphatic carbocycles. The van der Waals surface area contributed by atoms with Crippen molar-refractivity contribution >= 4 is 22.9 Å². The van der Waals surface area contributed by atoms with Gasteiger partial charge in [-0.2, -0.15) is 0 Å². The highest BCUT2D eigenvalue weighted by Crippen LogP contribution is 2.21. The molecule has 0 aliphatic heterocycles. The number of aromatic nitrogens is 2. The zero-order valence-electron chi connectivity index (χ0n) is 13.3. The van der Waals surface area contributed by atoms with Crippen molar-refractivity contribution in [2.24, 2.45) is 0 Å². The highest BCUT2D eigenvalue weighted by atomic mass is 16.5. The number of pyridine rings is 2. The smallest absolute Gasteiger partial charge is 0.244 e. The van der Waals surface area contributed by atoms with Crippen LogP contribution in [-0.2, 0) is 11.3 Å². The summed E-state index contributed by atoms with van der Waals surface area (Å²) in [4.78, 5) is 20.4. The van der Waals surface area contributed by atoms with Gasteiger partial charge in [-0.05, 0) is 35.4 Å². The van der Waals surface area contributed by atoms with Gasteiger partial charge < -0.3 is 10.1 Å². The van der Waals surface area contributed by atoms with Gasteiger partial charge in [-0.3, -0.25) is 9.78 Å². The van der Waals surface area contributed by atoms with E-state index in [9.17, 15) is 4.79 Å². The second-order valence-electron chi connectivity index (χ2n) is 5.17. The zero-order chi connectivity index (χ0) is 16.8. The number of benzene rings is 1. The SMILES string of the molecule is COc1cc(CNC(=O)C=Cc2ccncc2)c2ccccc2n1. The summed E-state index contributed by atoms with van der Waals surface area (Å²) in [6.07, 6.45) is 6.64. The maximum atomic E-state index is 12.0. The lowest BCUT2D eigenvalue weighted by Gasteiger charge is -2.09. The molecule has 2 heterocycles. The third-order valence-corrected chi connectivity index (χ3v) is 3.57. The number of nitrogens with one attached hydrogen (secondary N) is 1. The Morgan fingerprint density at radius 2 is 2.00 bits per heavy atom. The molecule has 0 radical (unpaired) electrons. The van der Waals surface area contributed by atoms with Crippen molar-refractivity contribution in [2.75, 3.05) is 7.11 Å². The van der Waals surface area contributed by atoms with Crippen LogP contribution < -0.4 is 10.1 Å². The lowest BCUT2D eigenvalue weighted by molar-refractivity contribution is -0.116. The summed E-state index contributed by atoms with van der Waals surface area (Å²) in [5.41, 5.74) is 2.73. The van der Waals surface area contributed by atoms with Gasteiger partial charge in [-0.15, -0.1) is 0 Å². The molecule has 24 heavy (non-hydrogen) atoms. The molecule has 0 fully saturated rings. The Labute approximate surface area is 140 Å². The van der Waals surface area contributed by atoms with Crippen LogP contribution in [0.5, 0.6) is 5.88 Å². The molecule has 2 aromatic heterocycles. The van der Waals surface area contributed by atoms with Gasteiger partial charge in [0.2, 0.25) is 11.8 Å². The minimum absolute atomic E-state index is 0.160. The maximum absolute atomic E-state index is 12.0. The van der Waals surface area contributed by atoms with Crippen molar-refractivity contribution in [3.05, 3.63) is 72.1 Å². The topological polar surface area (TPSA) is 64.1 Å². The highest BCUT2D eigenvalue weighted by molar-refractivity contribution is 5.92. The van der Waals surface area contributed by atoms with Gasteiger partial charge in [-0.1, -0.05) is 18.2 Å². The molecule has 0 bridgehead atoms. The van der Waals surface area contributed by atoms with E-state index in [0.29, 0.717) is 12.4 Å². The summed E-state index contributed by atoms with van der Waals surface area (Å²) in [5.74, 6) is 0.372. The molecule has 0 spiro atoms. The van der Waals surface area contributed by atoms with Crippen molar-refractivity contribution in [1.29, 1.82) is 0 Å². The normalized spacial score (nSPS) is 10.9. The molecular weight excluding hydrogens is 302 g/mol. The van der Waals surface area contributed by atoms with E-state index in [2.05, 4.69) is 15.3 Å². The van der Waals surface area contributed by atoms with Crippen LogP contribution in [0.15, 0.2) is 60.9 Å². The van der Waals surface area contributed by atoms with Gasteiger partial charge in [0.25, 0.3) is 0 Å².